The van der Waals surface area contributed by atoms with Crippen LogP contribution in [0.25, 0.3) is 0 Å². The van der Waals surface area contributed by atoms with Crippen molar-refractivity contribution in [3.8, 4) is 5.75 Å². The van der Waals surface area contributed by atoms with Crippen LogP contribution < -0.4 is 10.1 Å². The Morgan fingerprint density at radius 3 is 2.80 bits per heavy atom. The van der Waals surface area contributed by atoms with Crippen molar-refractivity contribution >= 4 is 27.3 Å². The number of nitro groups is 1. The highest BCUT2D eigenvalue weighted by Crippen LogP contribution is 2.30. The minimum Gasteiger partial charge on any atom is -0.495 e. The quantitative estimate of drug-likeness (QED) is 0.599. The van der Waals surface area contributed by atoms with Gasteiger partial charge in [0, 0.05) is 25.2 Å². The van der Waals surface area contributed by atoms with Gasteiger partial charge < -0.3 is 10.1 Å². The van der Waals surface area contributed by atoms with Crippen LogP contribution in [0.1, 0.15) is 19.8 Å². The number of amides is 1. The number of rotatable bonds is 6. The molecule has 0 aliphatic carbocycles. The van der Waals surface area contributed by atoms with Gasteiger partial charge >= 0.3 is 0 Å². The zero-order chi connectivity index (χ0) is 18.6. The molecule has 1 heterocycles. The van der Waals surface area contributed by atoms with Gasteiger partial charge in [0.05, 0.1) is 29.4 Å². The SMILES string of the molecule is CCS(=O)(=O)N1CCCC(C(=O)Nc2cc([N+](=O)[O-])ccc2OC)C1. The topological polar surface area (TPSA) is 119 Å². The van der Waals surface area contributed by atoms with Gasteiger partial charge in [-0.3, -0.25) is 14.9 Å². The highest BCUT2D eigenvalue weighted by Gasteiger charge is 2.31. The lowest BCUT2D eigenvalue weighted by molar-refractivity contribution is -0.384. The first kappa shape index (κ1) is 19.1. The highest BCUT2D eigenvalue weighted by molar-refractivity contribution is 7.89. The van der Waals surface area contributed by atoms with E-state index in [9.17, 15) is 23.3 Å². The summed E-state index contributed by atoms with van der Waals surface area (Å²) in [5, 5.41) is 13.5. The van der Waals surface area contributed by atoms with Crippen LogP contribution in [0.4, 0.5) is 11.4 Å². The monoisotopic (exact) mass is 371 g/mol. The van der Waals surface area contributed by atoms with Crippen LogP contribution in [0.5, 0.6) is 5.75 Å². The first-order valence-corrected chi connectivity index (χ1v) is 9.50. The summed E-state index contributed by atoms with van der Waals surface area (Å²) in [4.78, 5) is 22.9. The molecule has 25 heavy (non-hydrogen) atoms. The maximum absolute atomic E-state index is 12.5. The summed E-state index contributed by atoms with van der Waals surface area (Å²) in [6.45, 7) is 2.08. The third-order valence-electron chi connectivity index (χ3n) is 4.16. The molecule has 138 valence electrons. The van der Waals surface area contributed by atoms with E-state index < -0.39 is 20.9 Å². The average Bonchev–Trinajstić information content (AvgIpc) is 2.61. The first-order valence-electron chi connectivity index (χ1n) is 7.89. The van der Waals surface area contributed by atoms with E-state index in [1.165, 1.54) is 29.6 Å². The predicted molar refractivity (Wildman–Crippen MR) is 92.0 cm³/mol. The molecule has 0 aromatic heterocycles. The van der Waals surface area contributed by atoms with Gasteiger partial charge in [-0.15, -0.1) is 0 Å². The third-order valence-corrected chi connectivity index (χ3v) is 6.01. The Balaban J connectivity index is 2.16. The van der Waals surface area contributed by atoms with E-state index in [2.05, 4.69) is 5.32 Å². The third kappa shape index (κ3) is 4.45. The minimum absolute atomic E-state index is 0.0138. The molecule has 2 rings (SSSR count). The van der Waals surface area contributed by atoms with Crippen LogP contribution in [-0.4, -0.2) is 49.5 Å². The minimum atomic E-state index is -3.35. The van der Waals surface area contributed by atoms with E-state index in [0.717, 1.165) is 0 Å². The molecule has 1 aromatic carbocycles. The van der Waals surface area contributed by atoms with E-state index >= 15 is 0 Å². The standard InChI is InChI=1S/C15H21N3O6S/c1-3-25(22,23)17-8-4-5-11(10-17)15(19)16-13-9-12(18(20)21)6-7-14(13)24-2/h6-7,9,11H,3-5,8,10H2,1-2H3,(H,16,19). The molecule has 1 fully saturated rings. The van der Waals surface area contributed by atoms with Crippen LogP contribution >= 0.6 is 0 Å². The molecule has 1 saturated heterocycles. The van der Waals surface area contributed by atoms with Crippen LogP contribution in [-0.2, 0) is 14.8 Å². The second-order valence-corrected chi connectivity index (χ2v) is 7.99. The first-order chi connectivity index (χ1) is 11.8. The molecule has 9 nitrogen and oxygen atoms in total. The highest BCUT2D eigenvalue weighted by atomic mass is 32.2. The number of nitrogens with zero attached hydrogens (tertiary/aromatic N) is 2. The van der Waals surface area contributed by atoms with Crippen molar-refractivity contribution in [1.82, 2.24) is 4.31 Å². The average molecular weight is 371 g/mol. The molecule has 1 N–H and O–H groups in total. The largest absolute Gasteiger partial charge is 0.495 e. The second-order valence-electron chi connectivity index (χ2n) is 5.73. The Morgan fingerprint density at radius 1 is 1.48 bits per heavy atom. The Morgan fingerprint density at radius 2 is 2.20 bits per heavy atom. The lowest BCUT2D eigenvalue weighted by Crippen LogP contribution is -2.44. The fraction of sp³-hybridized carbons (Fsp3) is 0.533. The van der Waals surface area contributed by atoms with Gasteiger partial charge in [-0.2, -0.15) is 0 Å². The summed E-state index contributed by atoms with van der Waals surface area (Å²) in [6.07, 6.45) is 1.14. The number of nitro benzene ring substituents is 1. The van der Waals surface area contributed by atoms with E-state index in [4.69, 9.17) is 4.74 Å². The van der Waals surface area contributed by atoms with Crippen molar-refractivity contribution in [1.29, 1.82) is 0 Å². The van der Waals surface area contributed by atoms with Gasteiger partial charge in [0.2, 0.25) is 15.9 Å². The predicted octanol–water partition coefficient (Wildman–Crippen LogP) is 1.60. The number of ether oxygens (including phenoxy) is 1. The number of carbonyl (C=O) groups is 1. The van der Waals surface area contributed by atoms with Gasteiger partial charge in [-0.05, 0) is 25.8 Å². The number of nitrogens with one attached hydrogen (secondary N) is 1. The molecule has 0 spiro atoms. The molecule has 1 aliphatic heterocycles. The van der Waals surface area contributed by atoms with Crippen molar-refractivity contribution in [2.75, 3.05) is 31.3 Å². The van der Waals surface area contributed by atoms with E-state index in [-0.39, 0.29) is 29.6 Å². The fourth-order valence-electron chi connectivity index (χ4n) is 2.73. The van der Waals surface area contributed by atoms with Crippen molar-refractivity contribution in [3.05, 3.63) is 28.3 Å². The van der Waals surface area contributed by atoms with Crippen LogP contribution in [0, 0.1) is 16.0 Å². The fourth-order valence-corrected chi connectivity index (χ4v) is 3.91. The van der Waals surface area contributed by atoms with Crippen molar-refractivity contribution < 1.29 is 22.9 Å². The molecular formula is C15H21N3O6S. The van der Waals surface area contributed by atoms with Gasteiger partial charge in [0.25, 0.3) is 5.69 Å². The van der Waals surface area contributed by atoms with E-state index in [1.54, 1.807) is 6.92 Å². The zero-order valence-electron chi connectivity index (χ0n) is 14.1. The molecule has 1 aromatic rings. The normalized spacial score (nSPS) is 18.6. The molecule has 1 aliphatic rings. The van der Waals surface area contributed by atoms with Gasteiger partial charge in [0.15, 0.2) is 0 Å². The molecule has 1 amide bonds. The molecule has 0 saturated carbocycles. The number of non-ortho nitro benzene ring substituents is 1. The summed E-state index contributed by atoms with van der Waals surface area (Å²) in [7, 11) is -1.96. The van der Waals surface area contributed by atoms with Gasteiger partial charge in [-0.25, -0.2) is 12.7 Å². The van der Waals surface area contributed by atoms with Crippen LogP contribution in [0.15, 0.2) is 18.2 Å². The van der Waals surface area contributed by atoms with Gasteiger partial charge in [0.1, 0.15) is 5.75 Å². The van der Waals surface area contributed by atoms with Crippen molar-refractivity contribution in [2.24, 2.45) is 5.92 Å². The van der Waals surface area contributed by atoms with E-state index in [1.807, 2.05) is 0 Å². The lowest BCUT2D eigenvalue weighted by Gasteiger charge is -2.31. The smallest absolute Gasteiger partial charge is 0.271 e. The van der Waals surface area contributed by atoms with Crippen molar-refractivity contribution in [3.63, 3.8) is 0 Å². The second kappa shape index (κ2) is 7.79. The summed E-state index contributed by atoms with van der Waals surface area (Å²) < 4.78 is 30.4. The Bertz CT molecular complexity index is 765. The molecular weight excluding hydrogens is 350 g/mol. The number of hydrogen-bond donors (Lipinski definition) is 1. The molecule has 0 bridgehead atoms. The summed E-state index contributed by atoms with van der Waals surface area (Å²) in [5.74, 6) is -0.610. The molecule has 1 unspecified atom stereocenters. The summed E-state index contributed by atoms with van der Waals surface area (Å²) >= 11 is 0. The summed E-state index contributed by atoms with van der Waals surface area (Å²) in [6, 6.07) is 3.91. The number of anilines is 1. The van der Waals surface area contributed by atoms with E-state index in [0.29, 0.717) is 25.1 Å². The number of piperidine rings is 1. The maximum atomic E-state index is 12.5. The lowest BCUT2D eigenvalue weighted by atomic mass is 9.98. The Labute approximate surface area is 146 Å². The Hall–Kier alpha value is -2.20. The van der Waals surface area contributed by atoms with Crippen LogP contribution in [0.2, 0.25) is 0 Å². The number of carbonyl (C=O) groups excluding carboxylic acids is 1. The molecule has 0 radical (unpaired) electrons. The van der Waals surface area contributed by atoms with Crippen LogP contribution in [0.3, 0.4) is 0 Å². The maximum Gasteiger partial charge on any atom is 0.271 e. The molecule has 10 heteroatoms. The summed E-state index contributed by atoms with van der Waals surface area (Å²) in [5.41, 5.74) is 0.0205. The number of sulfonamides is 1. The number of methoxy groups -OCH3 is 1. The number of hydrogen-bond acceptors (Lipinski definition) is 6. The Kier molecular flexibility index (Phi) is 5.96. The molecule has 1 atom stereocenters. The zero-order valence-corrected chi connectivity index (χ0v) is 14.9. The number of benzene rings is 1. The van der Waals surface area contributed by atoms with Crippen molar-refractivity contribution in [2.45, 2.75) is 19.8 Å². The van der Waals surface area contributed by atoms with Gasteiger partial charge in [-0.1, -0.05) is 0 Å².